The summed E-state index contributed by atoms with van der Waals surface area (Å²) in [7, 11) is -3.67. The number of nitrogens with one attached hydrogen (secondary N) is 2. The number of amides is 1. The summed E-state index contributed by atoms with van der Waals surface area (Å²) in [6.45, 7) is 1.37. The van der Waals surface area contributed by atoms with E-state index >= 15 is 0 Å². The predicted octanol–water partition coefficient (Wildman–Crippen LogP) is 3.50. The minimum absolute atomic E-state index is 0.105. The highest BCUT2D eigenvalue weighted by Crippen LogP contribution is 2.17. The van der Waals surface area contributed by atoms with Gasteiger partial charge < -0.3 is 15.4 Å². The van der Waals surface area contributed by atoms with E-state index in [-0.39, 0.29) is 16.8 Å². The van der Waals surface area contributed by atoms with Crippen LogP contribution >= 0.6 is 0 Å². The third-order valence-corrected chi connectivity index (χ3v) is 6.16. The number of aromatic nitrogens is 2. The topological polar surface area (TPSA) is 136 Å². The molecule has 0 aliphatic carbocycles. The SMILES string of the molecule is NS(=O)(=O)c1ccc(CCNCc2ccc(NC(=O)c3cnc(Oc4ccccc4)nc3)cc2)cc1. The van der Waals surface area contributed by atoms with E-state index < -0.39 is 10.0 Å². The number of ether oxygens (including phenoxy) is 1. The van der Waals surface area contributed by atoms with Crippen LogP contribution in [0.3, 0.4) is 0 Å². The lowest BCUT2D eigenvalue weighted by Crippen LogP contribution is -2.17. The minimum atomic E-state index is -3.67. The van der Waals surface area contributed by atoms with Crippen molar-refractivity contribution in [1.29, 1.82) is 0 Å². The largest absolute Gasteiger partial charge is 0.424 e. The summed E-state index contributed by atoms with van der Waals surface area (Å²) in [6.07, 6.45) is 3.58. The summed E-state index contributed by atoms with van der Waals surface area (Å²) in [5.41, 5.74) is 3.04. The van der Waals surface area contributed by atoms with Crippen LogP contribution in [0.15, 0.2) is 96.2 Å². The molecule has 10 heteroatoms. The third-order valence-electron chi connectivity index (χ3n) is 5.23. The molecule has 1 amide bonds. The number of hydrogen-bond donors (Lipinski definition) is 3. The van der Waals surface area contributed by atoms with Gasteiger partial charge in [0, 0.05) is 24.6 Å². The molecule has 4 N–H and O–H groups in total. The van der Waals surface area contributed by atoms with Crippen LogP contribution < -0.4 is 20.5 Å². The second-order valence-corrected chi connectivity index (χ2v) is 9.50. The van der Waals surface area contributed by atoms with E-state index in [9.17, 15) is 13.2 Å². The minimum Gasteiger partial charge on any atom is -0.424 e. The van der Waals surface area contributed by atoms with Crippen molar-refractivity contribution in [3.63, 3.8) is 0 Å². The lowest BCUT2D eigenvalue weighted by molar-refractivity contribution is 0.102. The van der Waals surface area contributed by atoms with Gasteiger partial charge in [0.25, 0.3) is 5.91 Å². The molecule has 0 aliphatic heterocycles. The fraction of sp³-hybridized carbons (Fsp3) is 0.115. The molecule has 4 rings (SSSR count). The second-order valence-electron chi connectivity index (χ2n) is 7.94. The molecule has 0 unspecified atom stereocenters. The molecule has 1 aromatic heterocycles. The Labute approximate surface area is 209 Å². The monoisotopic (exact) mass is 503 g/mol. The van der Waals surface area contributed by atoms with E-state index in [1.807, 2.05) is 42.5 Å². The average molecular weight is 504 g/mol. The molecular formula is C26H25N5O4S. The summed E-state index contributed by atoms with van der Waals surface area (Å²) >= 11 is 0. The molecule has 36 heavy (non-hydrogen) atoms. The zero-order valence-electron chi connectivity index (χ0n) is 19.3. The van der Waals surface area contributed by atoms with Gasteiger partial charge in [-0.2, -0.15) is 0 Å². The molecule has 0 atom stereocenters. The molecule has 0 saturated heterocycles. The molecule has 0 bridgehead atoms. The molecule has 0 aliphatic rings. The fourth-order valence-electron chi connectivity index (χ4n) is 3.30. The van der Waals surface area contributed by atoms with Crippen LogP contribution in [0.2, 0.25) is 0 Å². The van der Waals surface area contributed by atoms with Crippen molar-refractivity contribution in [3.05, 3.63) is 108 Å². The maximum absolute atomic E-state index is 12.5. The molecular weight excluding hydrogens is 478 g/mol. The van der Waals surface area contributed by atoms with E-state index in [1.54, 1.807) is 24.3 Å². The number of para-hydroxylation sites is 1. The Balaban J connectivity index is 1.22. The van der Waals surface area contributed by atoms with Gasteiger partial charge in [-0.15, -0.1) is 0 Å². The predicted molar refractivity (Wildman–Crippen MR) is 136 cm³/mol. The van der Waals surface area contributed by atoms with Crippen LogP contribution in [-0.4, -0.2) is 30.8 Å². The zero-order valence-corrected chi connectivity index (χ0v) is 20.1. The quantitative estimate of drug-likeness (QED) is 0.282. The zero-order chi connectivity index (χ0) is 25.4. The number of primary sulfonamides is 1. The smallest absolute Gasteiger partial charge is 0.321 e. The average Bonchev–Trinajstić information content (AvgIpc) is 2.88. The van der Waals surface area contributed by atoms with Crippen molar-refractivity contribution in [2.45, 2.75) is 17.9 Å². The number of nitrogens with two attached hydrogens (primary N) is 1. The van der Waals surface area contributed by atoms with E-state index in [2.05, 4.69) is 20.6 Å². The number of sulfonamides is 1. The first-order valence-corrected chi connectivity index (χ1v) is 12.7. The first-order chi connectivity index (χ1) is 17.4. The number of benzene rings is 3. The number of hydrogen-bond acceptors (Lipinski definition) is 7. The Bertz CT molecular complexity index is 1390. The summed E-state index contributed by atoms with van der Waals surface area (Å²) in [5, 5.41) is 11.3. The first-order valence-electron chi connectivity index (χ1n) is 11.1. The lowest BCUT2D eigenvalue weighted by Gasteiger charge is -2.08. The molecule has 0 saturated carbocycles. The Morgan fingerprint density at radius 1 is 0.861 bits per heavy atom. The molecule has 0 spiro atoms. The molecule has 3 aromatic carbocycles. The Hall–Kier alpha value is -4.12. The van der Waals surface area contributed by atoms with Gasteiger partial charge in [-0.25, -0.2) is 23.5 Å². The maximum atomic E-state index is 12.5. The van der Waals surface area contributed by atoms with Crippen molar-refractivity contribution in [2.75, 3.05) is 11.9 Å². The highest BCUT2D eigenvalue weighted by molar-refractivity contribution is 7.89. The van der Waals surface area contributed by atoms with Crippen molar-refractivity contribution < 1.29 is 17.9 Å². The highest BCUT2D eigenvalue weighted by Gasteiger charge is 2.09. The number of anilines is 1. The van der Waals surface area contributed by atoms with Crippen LogP contribution in [0.5, 0.6) is 11.8 Å². The van der Waals surface area contributed by atoms with Crippen LogP contribution in [0.1, 0.15) is 21.5 Å². The molecule has 4 aromatic rings. The summed E-state index contributed by atoms with van der Waals surface area (Å²) in [6, 6.07) is 23.4. The standard InChI is InChI=1S/C26H25N5O4S/c27-36(33,34)24-12-8-19(9-13-24)14-15-28-16-20-6-10-22(11-7-20)31-25(32)21-17-29-26(30-18-21)35-23-4-2-1-3-5-23/h1-13,17-18,28H,14-16H2,(H,31,32)(H2,27,33,34). The van der Waals surface area contributed by atoms with Gasteiger partial charge in [-0.3, -0.25) is 4.79 Å². The van der Waals surface area contributed by atoms with E-state index in [1.165, 1.54) is 24.5 Å². The molecule has 9 nitrogen and oxygen atoms in total. The summed E-state index contributed by atoms with van der Waals surface area (Å²) in [5.74, 6) is 0.295. The summed E-state index contributed by atoms with van der Waals surface area (Å²) < 4.78 is 28.2. The van der Waals surface area contributed by atoms with Crippen LogP contribution in [0.4, 0.5) is 5.69 Å². The molecule has 0 fully saturated rings. The normalized spacial score (nSPS) is 11.1. The number of carbonyl (C=O) groups is 1. The number of nitrogens with zero attached hydrogens (tertiary/aromatic N) is 2. The van der Waals surface area contributed by atoms with Gasteiger partial charge in [0.05, 0.1) is 10.5 Å². The Morgan fingerprint density at radius 3 is 2.14 bits per heavy atom. The van der Waals surface area contributed by atoms with Gasteiger partial charge in [0.1, 0.15) is 5.75 Å². The van der Waals surface area contributed by atoms with Crippen molar-refractivity contribution in [1.82, 2.24) is 15.3 Å². The molecule has 0 radical (unpaired) electrons. The first kappa shape index (κ1) is 25.0. The van der Waals surface area contributed by atoms with Gasteiger partial charge in [0.15, 0.2) is 0 Å². The van der Waals surface area contributed by atoms with Gasteiger partial charge in [0.2, 0.25) is 10.0 Å². The third kappa shape index (κ3) is 7.19. The van der Waals surface area contributed by atoms with E-state index in [0.717, 1.165) is 24.1 Å². The molecule has 1 heterocycles. The highest BCUT2D eigenvalue weighted by atomic mass is 32.2. The van der Waals surface area contributed by atoms with Gasteiger partial charge >= 0.3 is 6.01 Å². The number of carbonyl (C=O) groups excluding carboxylic acids is 1. The van der Waals surface area contributed by atoms with Crippen molar-refractivity contribution >= 4 is 21.6 Å². The van der Waals surface area contributed by atoms with Gasteiger partial charge in [-0.05, 0) is 60.5 Å². The molecule has 184 valence electrons. The Kier molecular flexibility index (Phi) is 8.01. The van der Waals surface area contributed by atoms with Crippen molar-refractivity contribution in [3.8, 4) is 11.8 Å². The van der Waals surface area contributed by atoms with Crippen LogP contribution in [0, 0.1) is 0 Å². The van der Waals surface area contributed by atoms with Crippen LogP contribution in [-0.2, 0) is 23.0 Å². The summed E-state index contributed by atoms with van der Waals surface area (Å²) in [4.78, 5) is 20.8. The number of rotatable bonds is 10. The van der Waals surface area contributed by atoms with E-state index in [0.29, 0.717) is 23.5 Å². The van der Waals surface area contributed by atoms with Crippen molar-refractivity contribution in [2.24, 2.45) is 5.14 Å². The lowest BCUT2D eigenvalue weighted by atomic mass is 10.1. The fourth-order valence-corrected chi connectivity index (χ4v) is 3.82. The van der Waals surface area contributed by atoms with Gasteiger partial charge in [-0.1, -0.05) is 42.5 Å². The second kappa shape index (κ2) is 11.5. The Morgan fingerprint density at radius 2 is 1.50 bits per heavy atom. The maximum Gasteiger partial charge on any atom is 0.321 e. The van der Waals surface area contributed by atoms with E-state index in [4.69, 9.17) is 9.88 Å². The van der Waals surface area contributed by atoms with Crippen LogP contribution in [0.25, 0.3) is 0 Å².